The zero-order chi connectivity index (χ0) is 14.9. The van der Waals surface area contributed by atoms with Crippen LogP contribution in [0.25, 0.3) is 0 Å². The molecule has 0 radical (unpaired) electrons. The van der Waals surface area contributed by atoms with Crippen molar-refractivity contribution in [3.63, 3.8) is 0 Å². The normalized spacial score (nSPS) is 26.3. The van der Waals surface area contributed by atoms with E-state index in [1.165, 1.54) is 12.1 Å². The quantitative estimate of drug-likeness (QED) is 0.847. The summed E-state index contributed by atoms with van der Waals surface area (Å²) in [7, 11) is -3.94. The van der Waals surface area contributed by atoms with Gasteiger partial charge in [-0.25, -0.2) is 17.5 Å². The molecule has 2 rings (SSSR count). The van der Waals surface area contributed by atoms with Crippen LogP contribution in [0.4, 0.5) is 4.39 Å². The van der Waals surface area contributed by atoms with E-state index in [1.54, 1.807) is 6.92 Å². The maximum atomic E-state index is 13.7. The number of halogens is 1. The SMILES string of the molecule is CCOC1CC(N)C1NS(=O)(=O)c1cc(C)ccc1F. The van der Waals surface area contributed by atoms with Crippen LogP contribution in [0.1, 0.15) is 18.9 Å². The average Bonchev–Trinajstić information content (AvgIpc) is 2.39. The van der Waals surface area contributed by atoms with Crippen LogP contribution < -0.4 is 10.5 Å². The second-order valence-corrected chi connectivity index (χ2v) is 6.66. The highest BCUT2D eigenvalue weighted by atomic mass is 32.2. The van der Waals surface area contributed by atoms with Crippen molar-refractivity contribution in [2.24, 2.45) is 5.73 Å². The molecule has 0 saturated heterocycles. The summed E-state index contributed by atoms with van der Waals surface area (Å²) in [5.41, 5.74) is 6.47. The Balaban J connectivity index is 2.21. The maximum Gasteiger partial charge on any atom is 0.243 e. The van der Waals surface area contributed by atoms with Crippen molar-refractivity contribution in [3.8, 4) is 0 Å². The number of hydrogen-bond acceptors (Lipinski definition) is 4. The Morgan fingerprint density at radius 2 is 2.20 bits per heavy atom. The van der Waals surface area contributed by atoms with Crippen molar-refractivity contribution in [3.05, 3.63) is 29.6 Å². The minimum Gasteiger partial charge on any atom is -0.377 e. The number of nitrogens with one attached hydrogen (secondary N) is 1. The molecule has 20 heavy (non-hydrogen) atoms. The molecule has 3 unspecified atom stereocenters. The molecule has 0 aliphatic heterocycles. The fourth-order valence-corrected chi connectivity index (χ4v) is 3.73. The molecule has 112 valence electrons. The fraction of sp³-hybridized carbons (Fsp3) is 0.538. The molecule has 3 N–H and O–H groups in total. The van der Waals surface area contributed by atoms with Gasteiger partial charge in [0.25, 0.3) is 0 Å². The summed E-state index contributed by atoms with van der Waals surface area (Å²) in [6.45, 7) is 4.01. The largest absolute Gasteiger partial charge is 0.377 e. The average molecular weight is 302 g/mol. The first kappa shape index (κ1) is 15.4. The monoisotopic (exact) mass is 302 g/mol. The third kappa shape index (κ3) is 3.01. The van der Waals surface area contributed by atoms with E-state index in [1.807, 2.05) is 6.92 Å². The maximum absolute atomic E-state index is 13.7. The van der Waals surface area contributed by atoms with Crippen molar-refractivity contribution < 1.29 is 17.5 Å². The number of benzene rings is 1. The second kappa shape index (κ2) is 5.77. The summed E-state index contributed by atoms with van der Waals surface area (Å²) in [6, 6.07) is 3.14. The van der Waals surface area contributed by atoms with Gasteiger partial charge in [-0.15, -0.1) is 0 Å². The molecule has 1 aliphatic rings. The molecule has 0 heterocycles. The van der Waals surface area contributed by atoms with Crippen LogP contribution in [-0.4, -0.2) is 33.2 Å². The molecule has 5 nitrogen and oxygen atoms in total. The minimum absolute atomic E-state index is 0.252. The molecule has 1 aromatic rings. The molecule has 7 heteroatoms. The van der Waals surface area contributed by atoms with Gasteiger partial charge in [0.2, 0.25) is 10.0 Å². The van der Waals surface area contributed by atoms with E-state index in [-0.39, 0.29) is 17.0 Å². The van der Waals surface area contributed by atoms with Gasteiger partial charge >= 0.3 is 0 Å². The van der Waals surface area contributed by atoms with Gasteiger partial charge in [0.15, 0.2) is 0 Å². The van der Waals surface area contributed by atoms with E-state index in [0.717, 1.165) is 6.07 Å². The van der Waals surface area contributed by atoms with E-state index in [4.69, 9.17) is 10.5 Å². The highest BCUT2D eigenvalue weighted by molar-refractivity contribution is 7.89. The van der Waals surface area contributed by atoms with Crippen molar-refractivity contribution in [1.29, 1.82) is 0 Å². The predicted molar refractivity (Wildman–Crippen MR) is 73.3 cm³/mol. The minimum atomic E-state index is -3.94. The third-order valence-corrected chi connectivity index (χ3v) is 4.89. The number of aryl methyl sites for hydroxylation is 1. The van der Waals surface area contributed by atoms with Gasteiger partial charge in [-0.05, 0) is 38.0 Å². The van der Waals surface area contributed by atoms with Crippen LogP contribution in [0, 0.1) is 12.7 Å². The zero-order valence-corrected chi connectivity index (χ0v) is 12.3. The van der Waals surface area contributed by atoms with Crippen LogP contribution in [0.5, 0.6) is 0 Å². The Morgan fingerprint density at radius 3 is 2.80 bits per heavy atom. The number of hydrogen-bond donors (Lipinski definition) is 2. The Morgan fingerprint density at radius 1 is 1.50 bits per heavy atom. The summed E-state index contributed by atoms with van der Waals surface area (Å²) >= 11 is 0. The van der Waals surface area contributed by atoms with E-state index in [0.29, 0.717) is 18.6 Å². The number of sulfonamides is 1. The van der Waals surface area contributed by atoms with Crippen LogP contribution in [0.3, 0.4) is 0 Å². The Bertz CT molecular complexity index is 589. The third-order valence-electron chi connectivity index (χ3n) is 3.41. The van der Waals surface area contributed by atoms with Crippen molar-refractivity contribution in [2.45, 2.75) is 43.4 Å². The molecule has 0 spiro atoms. The topological polar surface area (TPSA) is 81.4 Å². The second-order valence-electron chi connectivity index (χ2n) is 4.97. The van der Waals surface area contributed by atoms with Gasteiger partial charge in [-0.2, -0.15) is 0 Å². The Labute approximate surface area is 118 Å². The first-order valence-electron chi connectivity index (χ1n) is 6.51. The lowest BCUT2D eigenvalue weighted by Crippen LogP contribution is -2.64. The molecule has 1 fully saturated rings. The summed E-state index contributed by atoms with van der Waals surface area (Å²) in [5, 5.41) is 0. The highest BCUT2D eigenvalue weighted by Gasteiger charge is 2.42. The van der Waals surface area contributed by atoms with Gasteiger partial charge in [-0.1, -0.05) is 6.07 Å². The molecule has 1 saturated carbocycles. The summed E-state index contributed by atoms with van der Waals surface area (Å²) < 4.78 is 46.0. The smallest absolute Gasteiger partial charge is 0.243 e. The van der Waals surface area contributed by atoms with Gasteiger partial charge in [-0.3, -0.25) is 0 Å². The van der Waals surface area contributed by atoms with Gasteiger partial charge in [0, 0.05) is 12.6 Å². The molecule has 0 bridgehead atoms. The lowest BCUT2D eigenvalue weighted by molar-refractivity contribution is -0.0248. The Kier molecular flexibility index (Phi) is 4.43. The zero-order valence-electron chi connectivity index (χ0n) is 11.5. The number of ether oxygens (including phenoxy) is 1. The van der Waals surface area contributed by atoms with E-state index in [9.17, 15) is 12.8 Å². The number of nitrogens with two attached hydrogens (primary N) is 1. The van der Waals surface area contributed by atoms with Gasteiger partial charge < -0.3 is 10.5 Å². The molecule has 1 aliphatic carbocycles. The lowest BCUT2D eigenvalue weighted by Gasteiger charge is -2.42. The fourth-order valence-electron chi connectivity index (χ4n) is 2.25. The van der Waals surface area contributed by atoms with Crippen molar-refractivity contribution in [2.75, 3.05) is 6.61 Å². The predicted octanol–water partition coefficient (Wildman–Crippen LogP) is 0.917. The highest BCUT2D eigenvalue weighted by Crippen LogP contribution is 2.25. The van der Waals surface area contributed by atoms with Crippen LogP contribution >= 0.6 is 0 Å². The Hall–Kier alpha value is -1.02. The first-order chi connectivity index (χ1) is 9.35. The van der Waals surface area contributed by atoms with E-state index >= 15 is 0 Å². The summed E-state index contributed by atoms with van der Waals surface area (Å²) in [6.07, 6.45) is 0.342. The van der Waals surface area contributed by atoms with E-state index in [2.05, 4.69) is 4.72 Å². The van der Waals surface area contributed by atoms with E-state index < -0.39 is 21.9 Å². The molecule has 0 amide bonds. The van der Waals surface area contributed by atoms with Gasteiger partial charge in [0.05, 0.1) is 12.1 Å². The van der Waals surface area contributed by atoms with Gasteiger partial charge in [0.1, 0.15) is 10.7 Å². The molecular formula is C13H19FN2O3S. The van der Waals surface area contributed by atoms with Crippen molar-refractivity contribution >= 4 is 10.0 Å². The molecule has 1 aromatic carbocycles. The standard InChI is InChI=1S/C13H19FN2O3S/c1-3-19-11-7-10(15)13(11)16-20(17,18)12-6-8(2)4-5-9(12)14/h4-6,10-11,13,16H,3,7,15H2,1-2H3. The van der Waals surface area contributed by atoms with Crippen LogP contribution in [0.2, 0.25) is 0 Å². The molecule has 0 aromatic heterocycles. The first-order valence-corrected chi connectivity index (χ1v) is 7.99. The molecular weight excluding hydrogens is 283 g/mol. The van der Waals surface area contributed by atoms with Crippen LogP contribution in [-0.2, 0) is 14.8 Å². The summed E-state index contributed by atoms with van der Waals surface area (Å²) in [4.78, 5) is -0.355. The summed E-state index contributed by atoms with van der Waals surface area (Å²) in [5.74, 6) is -0.774. The number of rotatable bonds is 5. The lowest BCUT2D eigenvalue weighted by atomic mass is 9.84. The molecule has 3 atom stereocenters. The van der Waals surface area contributed by atoms with Crippen molar-refractivity contribution in [1.82, 2.24) is 4.72 Å². The van der Waals surface area contributed by atoms with Crippen LogP contribution in [0.15, 0.2) is 23.1 Å².